The Kier molecular flexibility index (Phi) is 5.23. The number of aliphatic hydroxyl groups excluding tert-OH is 1. The molecule has 0 aliphatic rings. The number of hydrogen-bond acceptors (Lipinski definition) is 2. The predicted molar refractivity (Wildman–Crippen MR) is 79.1 cm³/mol. The first kappa shape index (κ1) is 15.5. The Bertz CT molecular complexity index is 427. The molecule has 0 amide bonds. The van der Waals surface area contributed by atoms with Crippen molar-refractivity contribution in [1.29, 1.82) is 0 Å². The summed E-state index contributed by atoms with van der Waals surface area (Å²) in [5.41, 5.74) is 3.00. The highest BCUT2D eigenvalue weighted by atomic mass is 79.9. The lowest BCUT2D eigenvalue weighted by atomic mass is 9.85. The van der Waals surface area contributed by atoms with Gasteiger partial charge in [0.2, 0.25) is 0 Å². The zero-order valence-electron chi connectivity index (χ0n) is 12.0. The summed E-state index contributed by atoms with van der Waals surface area (Å²) >= 11 is 3.55. The number of hydrogen-bond donors (Lipinski definition) is 1. The van der Waals surface area contributed by atoms with E-state index in [0.29, 0.717) is 5.92 Å². The molecule has 0 aliphatic carbocycles. The molecule has 2 nitrogen and oxygen atoms in total. The number of rotatable bonds is 4. The zero-order valence-corrected chi connectivity index (χ0v) is 13.6. The van der Waals surface area contributed by atoms with E-state index in [-0.39, 0.29) is 5.92 Å². The van der Waals surface area contributed by atoms with E-state index >= 15 is 0 Å². The molecule has 0 aromatic heterocycles. The van der Waals surface area contributed by atoms with Crippen molar-refractivity contribution in [2.24, 2.45) is 11.8 Å². The van der Waals surface area contributed by atoms with Crippen LogP contribution in [0.4, 0.5) is 0 Å². The summed E-state index contributed by atoms with van der Waals surface area (Å²) in [6, 6.07) is 2.03. The Morgan fingerprint density at radius 3 is 2.22 bits per heavy atom. The van der Waals surface area contributed by atoms with Gasteiger partial charge in [0.1, 0.15) is 5.75 Å². The Labute approximate surface area is 118 Å². The van der Waals surface area contributed by atoms with Crippen molar-refractivity contribution in [2.45, 2.75) is 40.7 Å². The summed E-state index contributed by atoms with van der Waals surface area (Å²) in [7, 11) is 1.66. The molecule has 102 valence electrons. The van der Waals surface area contributed by atoms with Crippen molar-refractivity contribution < 1.29 is 9.84 Å². The molecular formula is C15H23BrO2. The second-order valence-corrected chi connectivity index (χ2v) is 6.15. The minimum Gasteiger partial charge on any atom is -0.496 e. The number of aryl methyl sites for hydroxylation is 1. The maximum atomic E-state index is 10.6. The van der Waals surface area contributed by atoms with Crippen molar-refractivity contribution in [3.05, 3.63) is 27.2 Å². The lowest BCUT2D eigenvalue weighted by molar-refractivity contribution is 0.0888. The van der Waals surface area contributed by atoms with Gasteiger partial charge in [0.15, 0.2) is 0 Å². The number of ether oxygens (including phenoxy) is 1. The second kappa shape index (κ2) is 6.07. The molecule has 0 fully saturated rings. The lowest BCUT2D eigenvalue weighted by Gasteiger charge is -2.27. The monoisotopic (exact) mass is 314 g/mol. The Morgan fingerprint density at radius 1 is 1.22 bits per heavy atom. The molecule has 1 rings (SSSR count). The van der Waals surface area contributed by atoms with Crippen molar-refractivity contribution >= 4 is 15.9 Å². The van der Waals surface area contributed by atoms with Gasteiger partial charge in [-0.05, 0) is 42.9 Å². The standard InChI is InChI=1S/C15H23BrO2/c1-8(2)10(4)14(17)13-11(5)12(16)7-9(3)15(13)18-6/h7-8,10,14,17H,1-6H3. The molecule has 0 saturated heterocycles. The molecule has 3 heteroatoms. The lowest BCUT2D eigenvalue weighted by Crippen LogP contribution is -2.17. The fraction of sp³-hybridized carbons (Fsp3) is 0.600. The van der Waals surface area contributed by atoms with Gasteiger partial charge in [-0.1, -0.05) is 36.7 Å². The topological polar surface area (TPSA) is 29.5 Å². The molecule has 0 spiro atoms. The molecule has 2 atom stereocenters. The van der Waals surface area contributed by atoms with Crippen LogP contribution in [0.1, 0.15) is 43.6 Å². The molecule has 1 N–H and O–H groups in total. The van der Waals surface area contributed by atoms with E-state index in [0.717, 1.165) is 26.9 Å². The molecule has 18 heavy (non-hydrogen) atoms. The second-order valence-electron chi connectivity index (χ2n) is 5.30. The maximum absolute atomic E-state index is 10.6. The summed E-state index contributed by atoms with van der Waals surface area (Å²) in [6.07, 6.45) is -0.504. The molecule has 0 saturated carbocycles. The van der Waals surface area contributed by atoms with Gasteiger partial charge in [-0.25, -0.2) is 0 Å². The van der Waals surface area contributed by atoms with Gasteiger partial charge < -0.3 is 9.84 Å². The fourth-order valence-corrected chi connectivity index (χ4v) is 2.69. The first-order chi connectivity index (χ1) is 8.31. The van der Waals surface area contributed by atoms with Crippen LogP contribution in [0.5, 0.6) is 5.75 Å². The van der Waals surface area contributed by atoms with Crippen molar-refractivity contribution in [3.8, 4) is 5.75 Å². The quantitative estimate of drug-likeness (QED) is 0.892. The minimum atomic E-state index is -0.504. The van der Waals surface area contributed by atoms with E-state index < -0.39 is 6.10 Å². The van der Waals surface area contributed by atoms with Crippen molar-refractivity contribution in [2.75, 3.05) is 7.11 Å². The molecule has 0 radical (unpaired) electrons. The SMILES string of the molecule is COc1c(C)cc(Br)c(C)c1C(O)C(C)C(C)C. The van der Waals surface area contributed by atoms with Crippen molar-refractivity contribution in [1.82, 2.24) is 0 Å². The van der Waals surface area contributed by atoms with Gasteiger partial charge in [-0.2, -0.15) is 0 Å². The van der Waals surface area contributed by atoms with Crippen LogP contribution in [0.25, 0.3) is 0 Å². The zero-order chi connectivity index (χ0) is 14.0. The summed E-state index contributed by atoms with van der Waals surface area (Å²) in [6.45, 7) is 10.3. The highest BCUT2D eigenvalue weighted by molar-refractivity contribution is 9.10. The number of methoxy groups -OCH3 is 1. The van der Waals surface area contributed by atoms with E-state index in [4.69, 9.17) is 4.74 Å². The third-order valence-corrected chi connectivity index (χ3v) is 4.58. The van der Waals surface area contributed by atoms with Gasteiger partial charge in [0.25, 0.3) is 0 Å². The largest absolute Gasteiger partial charge is 0.496 e. The molecule has 1 aromatic rings. The Morgan fingerprint density at radius 2 is 1.78 bits per heavy atom. The van der Waals surface area contributed by atoms with Crippen LogP contribution in [-0.2, 0) is 0 Å². The molecule has 0 heterocycles. The van der Waals surface area contributed by atoms with Crippen LogP contribution in [0.15, 0.2) is 10.5 Å². The molecule has 2 unspecified atom stereocenters. The van der Waals surface area contributed by atoms with Gasteiger partial charge in [-0.15, -0.1) is 0 Å². The average molecular weight is 315 g/mol. The highest BCUT2D eigenvalue weighted by Crippen LogP contribution is 2.40. The average Bonchev–Trinajstić information content (AvgIpc) is 2.31. The van der Waals surface area contributed by atoms with Crippen LogP contribution in [-0.4, -0.2) is 12.2 Å². The third kappa shape index (κ3) is 2.89. The van der Waals surface area contributed by atoms with E-state index in [1.165, 1.54) is 0 Å². The summed E-state index contributed by atoms with van der Waals surface area (Å²) in [4.78, 5) is 0. The highest BCUT2D eigenvalue weighted by Gasteiger charge is 2.26. The van der Waals surface area contributed by atoms with Gasteiger partial charge >= 0.3 is 0 Å². The van der Waals surface area contributed by atoms with Crippen LogP contribution in [0.3, 0.4) is 0 Å². The third-order valence-electron chi connectivity index (χ3n) is 3.76. The van der Waals surface area contributed by atoms with E-state index in [1.54, 1.807) is 7.11 Å². The first-order valence-electron chi connectivity index (χ1n) is 6.32. The Balaban J connectivity index is 3.38. The smallest absolute Gasteiger partial charge is 0.127 e. The molecule has 0 aliphatic heterocycles. The van der Waals surface area contributed by atoms with Crippen LogP contribution >= 0.6 is 15.9 Å². The number of benzene rings is 1. The van der Waals surface area contributed by atoms with Gasteiger partial charge in [-0.3, -0.25) is 0 Å². The summed E-state index contributed by atoms with van der Waals surface area (Å²) in [5, 5.41) is 10.6. The molecule has 1 aromatic carbocycles. The van der Waals surface area contributed by atoms with Crippen LogP contribution < -0.4 is 4.74 Å². The van der Waals surface area contributed by atoms with Crippen LogP contribution in [0, 0.1) is 25.7 Å². The predicted octanol–water partition coefficient (Wildman–Crippen LogP) is 4.40. The number of aliphatic hydroxyl groups is 1. The van der Waals surface area contributed by atoms with E-state index in [1.807, 2.05) is 19.9 Å². The minimum absolute atomic E-state index is 0.186. The number of halogens is 1. The van der Waals surface area contributed by atoms with E-state index in [9.17, 15) is 5.11 Å². The van der Waals surface area contributed by atoms with Crippen molar-refractivity contribution in [3.63, 3.8) is 0 Å². The maximum Gasteiger partial charge on any atom is 0.127 e. The summed E-state index contributed by atoms with van der Waals surface area (Å²) < 4.78 is 6.50. The summed E-state index contributed by atoms with van der Waals surface area (Å²) in [5.74, 6) is 1.41. The Hall–Kier alpha value is -0.540. The van der Waals surface area contributed by atoms with E-state index in [2.05, 4.69) is 36.7 Å². The normalized spacial score (nSPS) is 14.7. The molecular weight excluding hydrogens is 292 g/mol. The fourth-order valence-electron chi connectivity index (χ4n) is 2.13. The van der Waals surface area contributed by atoms with Gasteiger partial charge in [0.05, 0.1) is 13.2 Å². The van der Waals surface area contributed by atoms with Crippen LogP contribution in [0.2, 0.25) is 0 Å². The van der Waals surface area contributed by atoms with Gasteiger partial charge in [0, 0.05) is 10.0 Å². The molecule has 0 bridgehead atoms. The first-order valence-corrected chi connectivity index (χ1v) is 7.12.